The van der Waals surface area contributed by atoms with E-state index in [9.17, 15) is 4.79 Å². The quantitative estimate of drug-likeness (QED) is 0.399. The monoisotopic (exact) mass is 219 g/mol. The number of carbonyl (C=O) groups excluding carboxylic acids is 1. The van der Waals surface area contributed by atoms with E-state index in [1.165, 1.54) is 0 Å². The van der Waals surface area contributed by atoms with Crippen LogP contribution in [0.1, 0.15) is 39.7 Å². The molecule has 0 unspecified atom stereocenters. The summed E-state index contributed by atoms with van der Waals surface area (Å²) >= 11 is 0. The highest BCUT2D eigenvalue weighted by Gasteiger charge is 2.34. The van der Waals surface area contributed by atoms with Gasteiger partial charge in [0.1, 0.15) is 0 Å². The molecule has 0 N–H and O–H groups in total. The summed E-state index contributed by atoms with van der Waals surface area (Å²) in [4.78, 5) is 22.0. The minimum absolute atomic E-state index is 0.0229. The lowest BCUT2D eigenvalue weighted by Gasteiger charge is -2.10. The minimum atomic E-state index is -0.577. The molecule has 0 aliphatic rings. The van der Waals surface area contributed by atoms with E-state index in [2.05, 4.69) is 14.3 Å². The number of carbonyl (C=O) groups is 1. The lowest BCUT2D eigenvalue weighted by molar-refractivity contribution is -0.277. The Morgan fingerprint density at radius 1 is 1.40 bits per heavy atom. The molecule has 1 aromatic heterocycles. The largest absolute Gasteiger partial charge is 0.372 e. The van der Waals surface area contributed by atoms with Gasteiger partial charge in [-0.3, -0.25) is 4.89 Å². The van der Waals surface area contributed by atoms with Gasteiger partial charge in [-0.15, -0.1) is 9.36 Å². The highest BCUT2D eigenvalue weighted by molar-refractivity contribution is 5.73. The Kier molecular flexibility index (Phi) is 4.48. The van der Waals surface area contributed by atoms with Crippen LogP contribution in [0.15, 0.2) is 9.36 Å². The number of unbranched alkanes of at least 4 members (excludes halogenated alkanes) is 1. The smallest absolute Gasteiger partial charge is 0.296 e. The average Bonchev–Trinajstić information content (AvgIpc) is 2.96. The molecule has 0 spiro atoms. The Hall–Kier alpha value is -1.17. The molecule has 1 heterocycles. The van der Waals surface area contributed by atoms with Crippen molar-refractivity contribution in [2.24, 2.45) is 5.92 Å². The molecule has 0 saturated carbocycles. The zero-order valence-corrected chi connectivity index (χ0v) is 9.26. The molecular formula is C9H17NO5. The molecule has 1 atom stereocenters. The zero-order chi connectivity index (χ0) is 11.3. The maximum atomic E-state index is 11.5. The van der Waals surface area contributed by atoms with Crippen LogP contribution < -0.4 is 0 Å². The van der Waals surface area contributed by atoms with Crippen LogP contribution >= 0.6 is 0 Å². The Morgan fingerprint density at radius 2 is 2.07 bits per heavy atom. The van der Waals surface area contributed by atoms with Crippen molar-refractivity contribution in [2.45, 2.75) is 39.7 Å². The normalized spacial score (nSPS) is 13.3. The first kappa shape index (κ1) is 11.9. The highest BCUT2D eigenvalue weighted by Crippen LogP contribution is 2.21. The van der Waals surface area contributed by atoms with Crippen LogP contribution in [0.3, 0.4) is 0 Å². The van der Waals surface area contributed by atoms with Gasteiger partial charge in [-0.2, -0.15) is 4.89 Å². The standard InChI is InChI=1S/C9H17NO5/c1-4-5-6-12-13-9(11)8(7(2)3)10-14-15-10/h7-8H,4-6H2,1-3H3/t8-/m0/s1. The lowest BCUT2D eigenvalue weighted by atomic mass is 10.1. The van der Waals surface area contributed by atoms with Gasteiger partial charge in [0.05, 0.1) is 6.61 Å². The van der Waals surface area contributed by atoms with Crippen LogP contribution in [0.5, 0.6) is 0 Å². The van der Waals surface area contributed by atoms with Crippen LogP contribution in [0, 0.1) is 5.92 Å². The van der Waals surface area contributed by atoms with Crippen LogP contribution in [0.25, 0.3) is 0 Å². The van der Waals surface area contributed by atoms with Gasteiger partial charge in [-0.1, -0.05) is 27.2 Å². The number of aromatic nitrogens is 1. The van der Waals surface area contributed by atoms with Gasteiger partial charge in [0, 0.05) is 4.91 Å². The minimum Gasteiger partial charge on any atom is -0.296 e. The Balaban J connectivity index is 2.28. The SMILES string of the molecule is CCCCOOC(=O)[C@H](C(C)C)n1oo1. The molecule has 1 aromatic rings. The molecule has 0 saturated heterocycles. The molecule has 0 bridgehead atoms. The van der Waals surface area contributed by atoms with Gasteiger partial charge in [0.2, 0.25) is 6.04 Å². The second kappa shape index (κ2) is 5.65. The molecule has 0 aliphatic heterocycles. The summed E-state index contributed by atoms with van der Waals surface area (Å²) in [7, 11) is 0. The average molecular weight is 219 g/mol. The Morgan fingerprint density at radius 3 is 2.53 bits per heavy atom. The van der Waals surface area contributed by atoms with Gasteiger partial charge in [-0.05, 0) is 12.3 Å². The van der Waals surface area contributed by atoms with E-state index in [1.807, 2.05) is 20.8 Å². The van der Waals surface area contributed by atoms with E-state index in [0.717, 1.165) is 17.8 Å². The fourth-order valence-electron chi connectivity index (χ4n) is 1.07. The third kappa shape index (κ3) is 3.83. The first-order valence-corrected chi connectivity index (χ1v) is 5.14. The van der Waals surface area contributed by atoms with Crippen molar-refractivity contribution >= 4 is 5.97 Å². The molecule has 0 aromatic carbocycles. The molecule has 6 nitrogen and oxygen atoms in total. The topological polar surface area (TPSA) is 66.7 Å². The second-order valence-corrected chi connectivity index (χ2v) is 3.70. The summed E-state index contributed by atoms with van der Waals surface area (Å²) in [5.41, 5.74) is 0. The molecule has 88 valence electrons. The van der Waals surface area contributed by atoms with E-state index >= 15 is 0 Å². The van der Waals surface area contributed by atoms with Gasteiger partial charge in [0.25, 0.3) is 0 Å². The predicted octanol–water partition coefficient (Wildman–Crippen LogP) is 2.15. The molecular weight excluding hydrogens is 202 g/mol. The number of hydrogen-bond acceptors (Lipinski definition) is 5. The number of nitrogens with zero attached hydrogens (tertiary/aromatic N) is 1. The number of rotatable bonds is 7. The van der Waals surface area contributed by atoms with Crippen molar-refractivity contribution in [1.82, 2.24) is 4.91 Å². The maximum Gasteiger partial charge on any atom is 0.372 e. The predicted molar refractivity (Wildman–Crippen MR) is 49.8 cm³/mol. The first-order chi connectivity index (χ1) is 7.16. The van der Waals surface area contributed by atoms with E-state index in [0.29, 0.717) is 6.61 Å². The molecule has 0 radical (unpaired) electrons. The van der Waals surface area contributed by atoms with Crippen molar-refractivity contribution in [3.8, 4) is 0 Å². The summed E-state index contributed by atoms with van der Waals surface area (Å²) in [6.07, 6.45) is 1.85. The first-order valence-electron chi connectivity index (χ1n) is 5.14. The van der Waals surface area contributed by atoms with Crippen molar-refractivity contribution in [3.63, 3.8) is 0 Å². The highest BCUT2D eigenvalue weighted by atomic mass is 17.3. The molecule has 0 aliphatic carbocycles. The zero-order valence-electron chi connectivity index (χ0n) is 9.26. The maximum absolute atomic E-state index is 11.5. The van der Waals surface area contributed by atoms with Crippen LogP contribution in [0.4, 0.5) is 0 Å². The summed E-state index contributed by atoms with van der Waals surface area (Å²) in [5.74, 6) is -0.478. The van der Waals surface area contributed by atoms with Crippen molar-refractivity contribution < 1.29 is 23.9 Å². The Bertz CT molecular complexity index is 264. The molecule has 0 amide bonds. The van der Waals surface area contributed by atoms with E-state index in [1.54, 1.807) is 0 Å². The van der Waals surface area contributed by atoms with Crippen LogP contribution in [-0.4, -0.2) is 17.5 Å². The van der Waals surface area contributed by atoms with Gasteiger partial charge >= 0.3 is 5.97 Å². The van der Waals surface area contributed by atoms with E-state index < -0.39 is 12.0 Å². The molecule has 1 rings (SSSR count). The van der Waals surface area contributed by atoms with Crippen LogP contribution in [0.2, 0.25) is 0 Å². The van der Waals surface area contributed by atoms with Crippen LogP contribution in [-0.2, 0) is 14.6 Å². The summed E-state index contributed by atoms with van der Waals surface area (Å²) in [5, 5.41) is 0. The third-order valence-corrected chi connectivity index (χ3v) is 1.98. The Labute approximate surface area is 87.9 Å². The molecule has 6 heteroatoms. The fraction of sp³-hybridized carbons (Fsp3) is 0.889. The van der Waals surface area contributed by atoms with E-state index in [-0.39, 0.29) is 5.92 Å². The van der Waals surface area contributed by atoms with Crippen molar-refractivity contribution in [3.05, 3.63) is 0 Å². The molecule has 0 fully saturated rings. The van der Waals surface area contributed by atoms with Crippen molar-refractivity contribution in [2.75, 3.05) is 6.61 Å². The summed E-state index contributed by atoms with van der Waals surface area (Å²) in [6, 6.07) is -0.577. The third-order valence-electron chi connectivity index (χ3n) is 1.98. The summed E-state index contributed by atoms with van der Waals surface area (Å²) < 4.78 is 8.91. The molecule has 15 heavy (non-hydrogen) atoms. The van der Waals surface area contributed by atoms with Gasteiger partial charge in [0.15, 0.2) is 0 Å². The second-order valence-electron chi connectivity index (χ2n) is 3.70. The van der Waals surface area contributed by atoms with Gasteiger partial charge in [-0.25, -0.2) is 4.79 Å². The van der Waals surface area contributed by atoms with Crippen molar-refractivity contribution in [1.29, 1.82) is 0 Å². The van der Waals surface area contributed by atoms with E-state index in [4.69, 9.17) is 4.89 Å². The lowest BCUT2D eigenvalue weighted by Crippen LogP contribution is -2.23. The number of hydrogen-bond donors (Lipinski definition) is 0. The van der Waals surface area contributed by atoms with Gasteiger partial charge < -0.3 is 0 Å². The summed E-state index contributed by atoms with van der Waals surface area (Å²) in [6.45, 7) is 6.17. The fourth-order valence-corrected chi connectivity index (χ4v) is 1.07.